The van der Waals surface area contributed by atoms with E-state index < -0.39 is 0 Å². The number of rotatable bonds is 5. The minimum atomic E-state index is 0.691. The van der Waals surface area contributed by atoms with Crippen LogP contribution in [0.25, 0.3) is 0 Å². The lowest BCUT2D eigenvalue weighted by atomic mass is 9.74. The van der Waals surface area contributed by atoms with Crippen molar-refractivity contribution < 1.29 is 0 Å². The normalized spacial score (nSPS) is 27.9. The van der Waals surface area contributed by atoms with E-state index in [0.29, 0.717) is 6.04 Å². The van der Waals surface area contributed by atoms with Gasteiger partial charge in [-0.25, -0.2) is 4.98 Å². The zero-order valence-corrected chi connectivity index (χ0v) is 13.6. The third-order valence-corrected chi connectivity index (χ3v) is 5.61. The molecule has 108 valence electrons. The van der Waals surface area contributed by atoms with Crippen molar-refractivity contribution in [2.24, 2.45) is 17.8 Å². The topological polar surface area (TPSA) is 24.9 Å². The third-order valence-electron chi connectivity index (χ3n) is 4.46. The number of hydrogen-bond acceptors (Lipinski definition) is 3. The summed E-state index contributed by atoms with van der Waals surface area (Å²) in [6.45, 7) is 10.3. The Labute approximate surface area is 122 Å². The average molecular weight is 280 g/mol. The molecule has 19 heavy (non-hydrogen) atoms. The van der Waals surface area contributed by atoms with Crippen LogP contribution in [0.5, 0.6) is 0 Å². The zero-order valence-electron chi connectivity index (χ0n) is 12.8. The maximum absolute atomic E-state index is 4.45. The smallest absolute Gasteiger partial charge is 0.0925 e. The first-order valence-corrected chi connectivity index (χ1v) is 8.58. The number of thiazole rings is 1. The Balaban J connectivity index is 1.91. The number of aromatic nitrogens is 1. The lowest BCUT2D eigenvalue weighted by Gasteiger charge is -2.38. The van der Waals surface area contributed by atoms with Crippen molar-refractivity contribution >= 4 is 11.3 Å². The SMILES string of the molecule is CCc1ncc(CNC2CC(C)CCC2C(C)C)s1. The molecule has 1 aliphatic carbocycles. The molecule has 0 radical (unpaired) electrons. The molecule has 2 nitrogen and oxygen atoms in total. The molecule has 1 heterocycles. The highest BCUT2D eigenvalue weighted by atomic mass is 32.1. The molecule has 0 saturated heterocycles. The summed E-state index contributed by atoms with van der Waals surface area (Å²) >= 11 is 1.86. The molecule has 1 aromatic rings. The van der Waals surface area contributed by atoms with Crippen molar-refractivity contribution in [3.8, 4) is 0 Å². The number of nitrogens with one attached hydrogen (secondary N) is 1. The standard InChI is InChI=1S/C16H28N2S/c1-5-16-18-10-13(19-16)9-17-15-8-12(4)6-7-14(15)11(2)3/h10-12,14-15,17H,5-9H2,1-4H3. The summed E-state index contributed by atoms with van der Waals surface area (Å²) in [7, 11) is 0. The quantitative estimate of drug-likeness (QED) is 0.872. The summed E-state index contributed by atoms with van der Waals surface area (Å²) in [6.07, 6.45) is 7.23. The van der Waals surface area contributed by atoms with E-state index in [1.165, 1.54) is 29.1 Å². The molecule has 1 aromatic heterocycles. The number of nitrogens with zero attached hydrogens (tertiary/aromatic N) is 1. The largest absolute Gasteiger partial charge is 0.309 e. The minimum Gasteiger partial charge on any atom is -0.309 e. The van der Waals surface area contributed by atoms with Crippen LogP contribution in [0, 0.1) is 17.8 Å². The van der Waals surface area contributed by atoms with Crippen LogP contribution in [0.3, 0.4) is 0 Å². The molecule has 0 bridgehead atoms. The van der Waals surface area contributed by atoms with Gasteiger partial charge >= 0.3 is 0 Å². The third kappa shape index (κ3) is 4.03. The first-order chi connectivity index (χ1) is 9.10. The van der Waals surface area contributed by atoms with Crippen LogP contribution < -0.4 is 5.32 Å². The van der Waals surface area contributed by atoms with Crippen molar-refractivity contribution in [1.82, 2.24) is 10.3 Å². The molecule has 1 N–H and O–H groups in total. The van der Waals surface area contributed by atoms with Gasteiger partial charge in [-0.05, 0) is 37.0 Å². The number of aryl methyl sites for hydroxylation is 1. The molecule has 0 spiro atoms. The van der Waals surface area contributed by atoms with Crippen LogP contribution in [0.2, 0.25) is 0 Å². The van der Waals surface area contributed by atoms with E-state index in [9.17, 15) is 0 Å². The first kappa shape index (κ1) is 15.0. The molecule has 3 unspecified atom stereocenters. The van der Waals surface area contributed by atoms with Gasteiger partial charge in [-0.3, -0.25) is 0 Å². The maximum atomic E-state index is 4.45. The predicted molar refractivity (Wildman–Crippen MR) is 83.5 cm³/mol. The van der Waals surface area contributed by atoms with Crippen LogP contribution in [0.4, 0.5) is 0 Å². The average Bonchev–Trinajstić information content (AvgIpc) is 2.84. The van der Waals surface area contributed by atoms with Gasteiger partial charge in [0.1, 0.15) is 0 Å². The highest BCUT2D eigenvalue weighted by Gasteiger charge is 2.30. The van der Waals surface area contributed by atoms with Gasteiger partial charge in [0.15, 0.2) is 0 Å². The van der Waals surface area contributed by atoms with Crippen molar-refractivity contribution in [1.29, 1.82) is 0 Å². The van der Waals surface area contributed by atoms with Gasteiger partial charge in [-0.2, -0.15) is 0 Å². The van der Waals surface area contributed by atoms with E-state index in [2.05, 4.69) is 38.0 Å². The molecular formula is C16H28N2S. The Morgan fingerprint density at radius 1 is 1.42 bits per heavy atom. The van der Waals surface area contributed by atoms with Gasteiger partial charge in [0, 0.05) is 23.7 Å². The first-order valence-electron chi connectivity index (χ1n) is 7.77. The molecule has 1 fully saturated rings. The molecule has 0 aliphatic heterocycles. The van der Waals surface area contributed by atoms with E-state index in [0.717, 1.165) is 30.7 Å². The summed E-state index contributed by atoms with van der Waals surface area (Å²) in [5.41, 5.74) is 0. The second-order valence-electron chi connectivity index (χ2n) is 6.39. The van der Waals surface area contributed by atoms with E-state index in [4.69, 9.17) is 0 Å². The Kier molecular flexibility index (Phi) is 5.40. The summed E-state index contributed by atoms with van der Waals surface area (Å²) in [6, 6.07) is 0.691. The Bertz CT molecular complexity index is 386. The van der Waals surface area contributed by atoms with Gasteiger partial charge < -0.3 is 5.32 Å². The molecule has 0 amide bonds. The summed E-state index contributed by atoms with van der Waals surface area (Å²) in [4.78, 5) is 5.83. The minimum absolute atomic E-state index is 0.691. The summed E-state index contributed by atoms with van der Waals surface area (Å²) in [5, 5.41) is 5.07. The fraction of sp³-hybridized carbons (Fsp3) is 0.812. The van der Waals surface area contributed by atoms with Crippen LogP contribution >= 0.6 is 11.3 Å². The zero-order chi connectivity index (χ0) is 13.8. The van der Waals surface area contributed by atoms with Crippen LogP contribution in [0.1, 0.15) is 56.8 Å². The molecule has 0 aromatic carbocycles. The lowest BCUT2D eigenvalue weighted by molar-refractivity contribution is 0.169. The van der Waals surface area contributed by atoms with Crippen molar-refractivity contribution in [2.75, 3.05) is 0 Å². The fourth-order valence-electron chi connectivity index (χ4n) is 3.26. The molecular weight excluding hydrogens is 252 g/mol. The van der Waals surface area contributed by atoms with Crippen molar-refractivity contribution in [2.45, 2.75) is 66.0 Å². The van der Waals surface area contributed by atoms with Crippen LogP contribution in [0.15, 0.2) is 6.20 Å². The van der Waals surface area contributed by atoms with Crippen LogP contribution in [-0.4, -0.2) is 11.0 Å². The van der Waals surface area contributed by atoms with Crippen molar-refractivity contribution in [3.05, 3.63) is 16.1 Å². The molecule has 2 rings (SSSR count). The van der Waals surface area contributed by atoms with Crippen LogP contribution in [-0.2, 0) is 13.0 Å². The summed E-state index contributed by atoms with van der Waals surface area (Å²) in [5.74, 6) is 2.51. The number of hydrogen-bond donors (Lipinski definition) is 1. The van der Waals surface area contributed by atoms with Gasteiger partial charge in [-0.15, -0.1) is 11.3 Å². The van der Waals surface area contributed by atoms with E-state index in [-0.39, 0.29) is 0 Å². The Hall–Kier alpha value is -0.410. The molecule has 1 aliphatic rings. The van der Waals surface area contributed by atoms with Gasteiger partial charge in [0.25, 0.3) is 0 Å². The highest BCUT2D eigenvalue weighted by molar-refractivity contribution is 7.11. The second-order valence-corrected chi connectivity index (χ2v) is 7.59. The molecule has 1 saturated carbocycles. The van der Waals surface area contributed by atoms with E-state index in [1.54, 1.807) is 0 Å². The fourth-order valence-corrected chi connectivity index (χ4v) is 4.08. The second kappa shape index (κ2) is 6.85. The monoisotopic (exact) mass is 280 g/mol. The molecule has 3 atom stereocenters. The van der Waals surface area contributed by atoms with E-state index in [1.807, 2.05) is 17.5 Å². The lowest BCUT2D eigenvalue weighted by Crippen LogP contribution is -2.42. The van der Waals surface area contributed by atoms with Gasteiger partial charge in [0.05, 0.1) is 5.01 Å². The maximum Gasteiger partial charge on any atom is 0.0925 e. The molecule has 3 heteroatoms. The predicted octanol–water partition coefficient (Wildman–Crippen LogP) is 4.26. The summed E-state index contributed by atoms with van der Waals surface area (Å²) < 4.78 is 0. The Morgan fingerprint density at radius 3 is 2.84 bits per heavy atom. The Morgan fingerprint density at radius 2 is 2.21 bits per heavy atom. The van der Waals surface area contributed by atoms with Crippen molar-refractivity contribution in [3.63, 3.8) is 0 Å². The van der Waals surface area contributed by atoms with E-state index >= 15 is 0 Å². The van der Waals surface area contributed by atoms with Gasteiger partial charge in [0.2, 0.25) is 0 Å². The van der Waals surface area contributed by atoms with Gasteiger partial charge in [-0.1, -0.05) is 34.1 Å². The highest BCUT2D eigenvalue weighted by Crippen LogP contribution is 2.33.